The number of aryl methyl sites for hydroxylation is 1. The summed E-state index contributed by atoms with van der Waals surface area (Å²) in [5.74, 6) is 0.627. The zero-order valence-corrected chi connectivity index (χ0v) is 10.8. The van der Waals surface area contributed by atoms with Crippen molar-refractivity contribution in [2.45, 2.75) is 52.0 Å². The van der Waals surface area contributed by atoms with E-state index >= 15 is 0 Å². The predicted molar refractivity (Wildman–Crippen MR) is 68.0 cm³/mol. The van der Waals surface area contributed by atoms with Crippen molar-refractivity contribution in [3.8, 4) is 0 Å². The third-order valence-corrected chi connectivity index (χ3v) is 3.07. The third-order valence-electron chi connectivity index (χ3n) is 3.07. The van der Waals surface area contributed by atoms with Crippen LogP contribution in [0.2, 0.25) is 0 Å². The number of carbonyl (C=O) groups excluding carboxylic acids is 1. The lowest BCUT2D eigenvalue weighted by atomic mass is 10.0. The van der Waals surface area contributed by atoms with Crippen LogP contribution in [-0.4, -0.2) is 17.0 Å². The Bertz CT molecular complexity index is 346. The topological polar surface area (TPSA) is 22.0 Å². The number of hydrogen-bond acceptors (Lipinski definition) is 1. The maximum Gasteiger partial charge on any atom is 0.129 e. The van der Waals surface area contributed by atoms with Crippen LogP contribution in [0.25, 0.3) is 0 Å². The van der Waals surface area contributed by atoms with Gasteiger partial charge in [-0.1, -0.05) is 6.92 Å². The quantitative estimate of drug-likeness (QED) is 0.677. The number of rotatable bonds is 8. The van der Waals surface area contributed by atoms with Crippen LogP contribution in [0.3, 0.4) is 0 Å². The number of aromatic nitrogens is 1. The monoisotopic (exact) mass is 239 g/mol. The molecule has 1 unspecified atom stereocenters. The van der Waals surface area contributed by atoms with E-state index in [1.807, 2.05) is 12.3 Å². The molecule has 17 heavy (non-hydrogen) atoms. The van der Waals surface area contributed by atoms with Crippen LogP contribution < -0.4 is 0 Å². The lowest BCUT2D eigenvalue weighted by Gasteiger charge is -2.14. The van der Waals surface area contributed by atoms with E-state index in [9.17, 15) is 9.18 Å². The highest BCUT2D eigenvalue weighted by Crippen LogP contribution is 2.21. The molecule has 0 bridgehead atoms. The van der Waals surface area contributed by atoms with Crippen LogP contribution in [0.5, 0.6) is 0 Å². The smallest absolute Gasteiger partial charge is 0.129 e. The number of ketones is 1. The van der Waals surface area contributed by atoms with Gasteiger partial charge in [0.05, 0.1) is 6.67 Å². The molecule has 0 amide bonds. The zero-order valence-electron chi connectivity index (χ0n) is 10.8. The summed E-state index contributed by atoms with van der Waals surface area (Å²) in [6, 6.07) is 4.12. The molecule has 0 N–H and O–H groups in total. The van der Waals surface area contributed by atoms with Crippen molar-refractivity contribution in [3.63, 3.8) is 0 Å². The van der Waals surface area contributed by atoms with Gasteiger partial charge in [0.2, 0.25) is 0 Å². The second kappa shape index (κ2) is 7.25. The highest BCUT2D eigenvalue weighted by atomic mass is 19.1. The minimum atomic E-state index is -0.241. The summed E-state index contributed by atoms with van der Waals surface area (Å²) in [6.07, 6.45) is 5.07. The van der Waals surface area contributed by atoms with Crippen LogP contribution >= 0.6 is 0 Å². The Hall–Kier alpha value is -1.12. The molecule has 0 aromatic carbocycles. The van der Waals surface area contributed by atoms with Gasteiger partial charge in [0.25, 0.3) is 0 Å². The molecule has 0 spiro atoms. The zero-order chi connectivity index (χ0) is 12.7. The Labute approximate surface area is 103 Å². The number of Topliss-reactive ketones (excluding diaryl/α,β-unsaturated/α-hetero) is 1. The summed E-state index contributed by atoms with van der Waals surface area (Å²) in [6.45, 7) is 4.39. The highest BCUT2D eigenvalue weighted by Gasteiger charge is 2.09. The fourth-order valence-corrected chi connectivity index (χ4v) is 2.11. The highest BCUT2D eigenvalue weighted by molar-refractivity contribution is 5.75. The fraction of sp³-hybridized carbons (Fsp3) is 0.643. The largest absolute Gasteiger partial charge is 0.351 e. The summed E-state index contributed by atoms with van der Waals surface area (Å²) in [5, 5.41) is 0. The molecule has 96 valence electrons. The second-order valence-electron chi connectivity index (χ2n) is 4.66. The third kappa shape index (κ3) is 4.72. The van der Waals surface area contributed by atoms with Crippen molar-refractivity contribution < 1.29 is 9.18 Å². The van der Waals surface area contributed by atoms with Gasteiger partial charge in [-0.25, -0.2) is 0 Å². The Morgan fingerprint density at radius 1 is 1.47 bits per heavy atom. The number of halogens is 1. The summed E-state index contributed by atoms with van der Waals surface area (Å²) < 4.78 is 14.3. The summed E-state index contributed by atoms with van der Waals surface area (Å²) in [4.78, 5) is 10.9. The van der Waals surface area contributed by atoms with E-state index < -0.39 is 0 Å². The Morgan fingerprint density at radius 2 is 2.24 bits per heavy atom. The Kier molecular flexibility index (Phi) is 5.95. The minimum Gasteiger partial charge on any atom is -0.351 e. The number of carbonyl (C=O) groups is 1. The van der Waals surface area contributed by atoms with Gasteiger partial charge in [0, 0.05) is 24.9 Å². The molecule has 0 saturated carbocycles. The normalized spacial score (nSPS) is 12.6. The van der Waals surface area contributed by atoms with Gasteiger partial charge in [-0.05, 0) is 44.2 Å². The van der Waals surface area contributed by atoms with Gasteiger partial charge < -0.3 is 9.36 Å². The average Bonchev–Trinajstić information content (AvgIpc) is 2.73. The minimum absolute atomic E-state index is 0.240. The first-order chi connectivity index (χ1) is 8.15. The molecule has 0 saturated heterocycles. The van der Waals surface area contributed by atoms with E-state index in [2.05, 4.69) is 17.6 Å². The molecule has 0 aliphatic rings. The van der Waals surface area contributed by atoms with E-state index in [4.69, 9.17) is 0 Å². The van der Waals surface area contributed by atoms with E-state index in [1.54, 1.807) is 6.92 Å². The molecule has 1 heterocycles. The van der Waals surface area contributed by atoms with Gasteiger partial charge in [0.15, 0.2) is 0 Å². The van der Waals surface area contributed by atoms with Crippen molar-refractivity contribution in [2.24, 2.45) is 0 Å². The van der Waals surface area contributed by atoms with E-state index in [0.29, 0.717) is 18.8 Å². The average molecular weight is 239 g/mol. The van der Waals surface area contributed by atoms with Crippen LogP contribution in [0.1, 0.15) is 51.1 Å². The molecular weight excluding hydrogens is 217 g/mol. The SMILES string of the molecule is CC(=O)CCCn1cccc1C(C)CCCF. The van der Waals surface area contributed by atoms with Crippen molar-refractivity contribution >= 4 is 5.78 Å². The van der Waals surface area contributed by atoms with Crippen molar-refractivity contribution in [1.29, 1.82) is 0 Å². The second-order valence-corrected chi connectivity index (χ2v) is 4.66. The van der Waals surface area contributed by atoms with Crippen LogP contribution in [-0.2, 0) is 11.3 Å². The lowest BCUT2D eigenvalue weighted by Crippen LogP contribution is -2.06. The van der Waals surface area contributed by atoms with E-state index in [1.165, 1.54) is 5.69 Å². The van der Waals surface area contributed by atoms with Crippen LogP contribution in [0.15, 0.2) is 18.3 Å². The summed E-state index contributed by atoms with van der Waals surface area (Å²) in [5.41, 5.74) is 1.25. The van der Waals surface area contributed by atoms with Gasteiger partial charge in [-0.15, -0.1) is 0 Å². The van der Waals surface area contributed by atoms with E-state index in [-0.39, 0.29) is 12.5 Å². The molecule has 2 nitrogen and oxygen atoms in total. The number of nitrogens with zero attached hydrogens (tertiary/aromatic N) is 1. The van der Waals surface area contributed by atoms with Gasteiger partial charge >= 0.3 is 0 Å². The standard InChI is InChI=1S/C14H22FNO/c1-12(6-3-9-15)14-8-5-11-16(14)10-4-7-13(2)17/h5,8,11-12H,3-4,6-7,9-10H2,1-2H3. The molecule has 0 aliphatic heterocycles. The van der Waals surface area contributed by atoms with Crippen molar-refractivity contribution in [2.75, 3.05) is 6.67 Å². The van der Waals surface area contributed by atoms with Crippen molar-refractivity contribution in [3.05, 3.63) is 24.0 Å². The Balaban J connectivity index is 2.49. The number of alkyl halides is 1. The number of hydrogen-bond donors (Lipinski definition) is 0. The Morgan fingerprint density at radius 3 is 2.88 bits per heavy atom. The molecule has 1 rings (SSSR count). The molecule has 1 aromatic rings. The van der Waals surface area contributed by atoms with E-state index in [0.717, 1.165) is 19.4 Å². The van der Waals surface area contributed by atoms with Crippen molar-refractivity contribution in [1.82, 2.24) is 4.57 Å². The molecule has 3 heteroatoms. The first kappa shape index (κ1) is 13.9. The molecule has 0 fully saturated rings. The van der Waals surface area contributed by atoms with Gasteiger partial charge in [-0.2, -0.15) is 0 Å². The molecule has 1 aromatic heterocycles. The lowest BCUT2D eigenvalue weighted by molar-refractivity contribution is -0.117. The fourth-order valence-electron chi connectivity index (χ4n) is 2.11. The van der Waals surface area contributed by atoms with Gasteiger partial charge in [-0.3, -0.25) is 4.39 Å². The maximum absolute atomic E-state index is 12.1. The molecule has 0 aliphatic carbocycles. The maximum atomic E-state index is 12.1. The summed E-state index contributed by atoms with van der Waals surface area (Å²) >= 11 is 0. The molecule has 1 atom stereocenters. The van der Waals surface area contributed by atoms with Crippen LogP contribution in [0, 0.1) is 0 Å². The summed E-state index contributed by atoms with van der Waals surface area (Å²) in [7, 11) is 0. The molecular formula is C14H22FNO. The first-order valence-corrected chi connectivity index (χ1v) is 6.35. The van der Waals surface area contributed by atoms with Crippen LogP contribution in [0.4, 0.5) is 4.39 Å². The predicted octanol–water partition coefficient (Wildman–Crippen LogP) is 3.71. The molecule has 0 radical (unpaired) electrons. The first-order valence-electron chi connectivity index (χ1n) is 6.35. The van der Waals surface area contributed by atoms with Gasteiger partial charge in [0.1, 0.15) is 5.78 Å².